The fraction of sp³-hybridized carbons (Fsp3) is 0.211. The molecule has 0 aliphatic carbocycles. The Morgan fingerprint density at radius 2 is 1.56 bits per heavy atom. The molecule has 0 radical (unpaired) electrons. The number of ether oxygens (including phenoxy) is 2. The monoisotopic (exact) mass is 387 g/mol. The number of thiocarbonyl (C=S) groups is 1. The summed E-state index contributed by atoms with van der Waals surface area (Å²) in [5, 5.41) is 2.48. The van der Waals surface area contributed by atoms with Crippen LogP contribution in [-0.2, 0) is 4.74 Å². The second kappa shape index (κ2) is 10.9. The van der Waals surface area contributed by atoms with Crippen LogP contribution in [0.1, 0.15) is 27.6 Å². The van der Waals surface area contributed by atoms with Crippen LogP contribution in [0.5, 0.6) is 5.75 Å². The van der Waals surface area contributed by atoms with Crippen molar-refractivity contribution in [3.05, 3.63) is 65.7 Å². The highest BCUT2D eigenvalue weighted by molar-refractivity contribution is 7.80. The zero-order valence-corrected chi connectivity index (χ0v) is 15.7. The number of nitrogens with one attached hydrogen (secondary N) is 3. The summed E-state index contributed by atoms with van der Waals surface area (Å²) in [5.41, 5.74) is 5.79. The van der Waals surface area contributed by atoms with Crippen molar-refractivity contribution in [1.82, 2.24) is 16.2 Å². The van der Waals surface area contributed by atoms with E-state index in [1.807, 2.05) is 13.0 Å². The average Bonchev–Trinajstić information content (AvgIpc) is 2.70. The van der Waals surface area contributed by atoms with Crippen molar-refractivity contribution < 1.29 is 19.1 Å². The van der Waals surface area contributed by atoms with Gasteiger partial charge >= 0.3 is 0 Å². The van der Waals surface area contributed by atoms with Crippen molar-refractivity contribution in [2.75, 3.05) is 19.8 Å². The molecule has 8 heteroatoms. The van der Waals surface area contributed by atoms with Crippen LogP contribution in [0, 0.1) is 0 Å². The van der Waals surface area contributed by atoms with Gasteiger partial charge in [-0.1, -0.05) is 18.2 Å². The molecule has 0 spiro atoms. The van der Waals surface area contributed by atoms with Crippen LogP contribution in [0.25, 0.3) is 0 Å². The van der Waals surface area contributed by atoms with E-state index in [1.165, 1.54) is 0 Å². The maximum absolute atomic E-state index is 12.2. The van der Waals surface area contributed by atoms with E-state index >= 15 is 0 Å². The van der Waals surface area contributed by atoms with Crippen LogP contribution in [0.3, 0.4) is 0 Å². The summed E-state index contributed by atoms with van der Waals surface area (Å²) in [7, 11) is 0. The van der Waals surface area contributed by atoms with Crippen molar-refractivity contribution in [2.45, 2.75) is 6.92 Å². The van der Waals surface area contributed by atoms with Gasteiger partial charge in [-0.3, -0.25) is 25.8 Å². The Bertz CT molecular complexity index is 766. The summed E-state index contributed by atoms with van der Waals surface area (Å²) in [6.45, 7) is 3.50. The average molecular weight is 387 g/mol. The number of hydrogen-bond donors (Lipinski definition) is 3. The predicted molar refractivity (Wildman–Crippen MR) is 106 cm³/mol. The minimum absolute atomic E-state index is 0.0127. The molecule has 0 bridgehead atoms. The highest BCUT2D eigenvalue weighted by Crippen LogP contribution is 2.12. The molecule has 0 unspecified atom stereocenters. The van der Waals surface area contributed by atoms with Crippen molar-refractivity contribution in [3.63, 3.8) is 0 Å². The molecule has 0 saturated heterocycles. The topological polar surface area (TPSA) is 88.7 Å². The van der Waals surface area contributed by atoms with Gasteiger partial charge in [0.2, 0.25) is 0 Å². The van der Waals surface area contributed by atoms with Crippen LogP contribution in [0.2, 0.25) is 0 Å². The Morgan fingerprint density at radius 3 is 2.22 bits per heavy atom. The Labute approximate surface area is 163 Å². The van der Waals surface area contributed by atoms with Gasteiger partial charge in [0, 0.05) is 17.7 Å². The van der Waals surface area contributed by atoms with E-state index in [2.05, 4.69) is 16.2 Å². The molecule has 0 fully saturated rings. The number of carbonyl (C=O) groups excluding carboxylic acids is 2. The van der Waals surface area contributed by atoms with E-state index in [4.69, 9.17) is 21.7 Å². The number of carbonyl (C=O) groups is 2. The van der Waals surface area contributed by atoms with Crippen LogP contribution < -0.4 is 20.9 Å². The Morgan fingerprint density at radius 1 is 0.889 bits per heavy atom. The number of benzene rings is 2. The molecule has 0 heterocycles. The molecular formula is C19H21N3O4S. The maximum Gasteiger partial charge on any atom is 0.269 e. The molecule has 3 N–H and O–H groups in total. The first-order valence-electron chi connectivity index (χ1n) is 8.37. The summed E-state index contributed by atoms with van der Waals surface area (Å²) in [5.74, 6) is -0.120. The third-order valence-electron chi connectivity index (χ3n) is 3.37. The van der Waals surface area contributed by atoms with Gasteiger partial charge in [0.05, 0.1) is 6.61 Å². The Balaban J connectivity index is 1.77. The molecule has 0 aliphatic rings. The van der Waals surface area contributed by atoms with Crippen molar-refractivity contribution in [2.24, 2.45) is 0 Å². The predicted octanol–water partition coefficient (Wildman–Crippen LogP) is 2.05. The Hall–Kier alpha value is -2.97. The standard InChI is InChI=1S/C19H21N3O4S/c1-2-25-12-13-26-16-10-8-15(9-11-16)17(23)20-19(27)22-21-18(24)14-6-4-3-5-7-14/h3-11H,2,12-13H2,1H3,(H,21,24)(H2,20,22,23,27). The third-order valence-corrected chi connectivity index (χ3v) is 3.57. The molecule has 2 rings (SSSR count). The first-order chi connectivity index (χ1) is 13.1. The van der Waals surface area contributed by atoms with E-state index in [9.17, 15) is 9.59 Å². The molecular weight excluding hydrogens is 366 g/mol. The number of hydrogen-bond acceptors (Lipinski definition) is 5. The Kier molecular flexibility index (Phi) is 8.21. The third kappa shape index (κ3) is 7.04. The second-order valence-electron chi connectivity index (χ2n) is 5.30. The minimum Gasteiger partial charge on any atom is -0.491 e. The highest BCUT2D eigenvalue weighted by Gasteiger charge is 2.09. The fourth-order valence-electron chi connectivity index (χ4n) is 2.05. The first-order valence-corrected chi connectivity index (χ1v) is 8.78. The molecule has 27 heavy (non-hydrogen) atoms. The first kappa shape index (κ1) is 20.3. The SMILES string of the molecule is CCOCCOc1ccc(C(=O)NC(=S)NNC(=O)c2ccccc2)cc1. The normalized spacial score (nSPS) is 9.96. The lowest BCUT2D eigenvalue weighted by atomic mass is 10.2. The molecule has 2 amide bonds. The van der Waals surface area contributed by atoms with Gasteiger partial charge in [0.15, 0.2) is 5.11 Å². The molecule has 0 saturated carbocycles. The van der Waals surface area contributed by atoms with Gasteiger partial charge in [-0.15, -0.1) is 0 Å². The number of rotatable bonds is 7. The van der Waals surface area contributed by atoms with Gasteiger partial charge in [-0.2, -0.15) is 0 Å². The van der Waals surface area contributed by atoms with Gasteiger partial charge in [0.25, 0.3) is 11.8 Å². The molecule has 0 aliphatic heterocycles. The number of hydrazine groups is 1. The molecule has 0 atom stereocenters. The van der Waals surface area contributed by atoms with Crippen molar-refractivity contribution in [3.8, 4) is 5.75 Å². The van der Waals surface area contributed by atoms with Gasteiger partial charge in [-0.25, -0.2) is 0 Å². The molecule has 0 aromatic heterocycles. The highest BCUT2D eigenvalue weighted by atomic mass is 32.1. The van der Waals surface area contributed by atoms with Crippen LogP contribution >= 0.6 is 12.2 Å². The van der Waals surface area contributed by atoms with E-state index in [1.54, 1.807) is 48.5 Å². The summed E-state index contributed by atoms with van der Waals surface area (Å²) < 4.78 is 10.7. The largest absolute Gasteiger partial charge is 0.491 e. The smallest absolute Gasteiger partial charge is 0.269 e. The molecule has 7 nitrogen and oxygen atoms in total. The summed E-state index contributed by atoms with van der Waals surface area (Å²) in [6, 6.07) is 15.3. The minimum atomic E-state index is -0.401. The van der Waals surface area contributed by atoms with Gasteiger partial charge < -0.3 is 9.47 Å². The van der Waals surface area contributed by atoms with Crippen molar-refractivity contribution >= 4 is 29.1 Å². The second-order valence-corrected chi connectivity index (χ2v) is 5.71. The van der Waals surface area contributed by atoms with Crippen molar-refractivity contribution in [1.29, 1.82) is 0 Å². The molecule has 2 aromatic carbocycles. The van der Waals surface area contributed by atoms with Crippen LogP contribution in [0.4, 0.5) is 0 Å². The zero-order valence-electron chi connectivity index (χ0n) is 14.9. The lowest BCUT2D eigenvalue weighted by Gasteiger charge is -2.11. The number of amides is 2. The van der Waals surface area contributed by atoms with Crippen LogP contribution in [-0.4, -0.2) is 36.7 Å². The van der Waals surface area contributed by atoms with E-state index in [0.29, 0.717) is 36.7 Å². The van der Waals surface area contributed by atoms with Crippen LogP contribution in [0.15, 0.2) is 54.6 Å². The lowest BCUT2D eigenvalue weighted by molar-refractivity contribution is 0.0934. The lowest BCUT2D eigenvalue weighted by Crippen LogP contribution is -2.48. The summed E-state index contributed by atoms with van der Waals surface area (Å²) in [4.78, 5) is 24.1. The molecule has 142 valence electrons. The summed E-state index contributed by atoms with van der Waals surface area (Å²) in [6.07, 6.45) is 0. The zero-order chi connectivity index (χ0) is 19.5. The van der Waals surface area contributed by atoms with E-state index in [-0.39, 0.29) is 11.0 Å². The van der Waals surface area contributed by atoms with Gasteiger partial charge in [-0.05, 0) is 55.5 Å². The maximum atomic E-state index is 12.2. The van der Waals surface area contributed by atoms with E-state index in [0.717, 1.165) is 0 Å². The fourth-order valence-corrected chi connectivity index (χ4v) is 2.19. The summed E-state index contributed by atoms with van der Waals surface area (Å²) >= 11 is 5.01. The van der Waals surface area contributed by atoms with Gasteiger partial charge in [0.1, 0.15) is 12.4 Å². The quantitative estimate of drug-likeness (QED) is 0.383. The van der Waals surface area contributed by atoms with E-state index < -0.39 is 5.91 Å². The molecule has 2 aromatic rings.